The van der Waals surface area contributed by atoms with Gasteiger partial charge in [-0.05, 0) is 66.3 Å². The number of Topliss-reactive ketones (excluding diaryl/α,β-unsaturated/α-hetero) is 4. The molecule has 3 atom stereocenters. The summed E-state index contributed by atoms with van der Waals surface area (Å²) in [5.41, 5.74) is -0.0858. The number of phenolic OH excluding ortho intramolecular Hbond substituents is 1. The standard InChI is InChI=1S/C33H34O8/c1-16(2)12-22(35)9-6-18-4-7-19(8-5-18)23-10-11-25(36)29-24(23)14-20-13-21-15-26(37)27(17(3)34)31(39)33(21,41)32(40)28(20)30(29)38/h4-5,7-8,10-11,16,20-21,36-37,40-41H,6,9,12-15H2,1-3H3/t20-,21+,33-/m1/s1. The van der Waals surface area contributed by atoms with Gasteiger partial charge in [0.15, 0.2) is 17.2 Å². The summed E-state index contributed by atoms with van der Waals surface area (Å²) in [7, 11) is 0. The summed E-state index contributed by atoms with van der Waals surface area (Å²) < 4.78 is 0. The second-order valence-electron chi connectivity index (χ2n) is 11.9. The molecule has 8 nitrogen and oxygen atoms in total. The van der Waals surface area contributed by atoms with Gasteiger partial charge in [0.2, 0.25) is 5.78 Å². The summed E-state index contributed by atoms with van der Waals surface area (Å²) in [5.74, 6) is -5.03. The Hall–Kier alpha value is -4.04. The van der Waals surface area contributed by atoms with Crippen LogP contribution in [0.3, 0.4) is 0 Å². The highest BCUT2D eigenvalue weighted by Crippen LogP contribution is 2.52. The van der Waals surface area contributed by atoms with E-state index in [-0.39, 0.29) is 41.9 Å². The van der Waals surface area contributed by atoms with Crippen LogP contribution in [0.4, 0.5) is 0 Å². The Morgan fingerprint density at radius 3 is 2.32 bits per heavy atom. The number of benzene rings is 2. The van der Waals surface area contributed by atoms with Crippen molar-refractivity contribution in [3.8, 4) is 16.9 Å². The van der Waals surface area contributed by atoms with Gasteiger partial charge in [-0.15, -0.1) is 0 Å². The number of aryl methyl sites for hydroxylation is 1. The molecule has 0 aromatic heterocycles. The Kier molecular flexibility index (Phi) is 7.24. The first kappa shape index (κ1) is 28.5. The highest BCUT2D eigenvalue weighted by molar-refractivity contribution is 6.25. The monoisotopic (exact) mass is 558 g/mol. The molecule has 0 spiro atoms. The van der Waals surface area contributed by atoms with E-state index < -0.39 is 51.9 Å². The minimum absolute atomic E-state index is 0.000789. The molecule has 0 unspecified atom stereocenters. The average Bonchev–Trinajstić information content (AvgIpc) is 2.89. The molecule has 4 N–H and O–H groups in total. The van der Waals surface area contributed by atoms with Crippen LogP contribution in [0.1, 0.15) is 67.9 Å². The van der Waals surface area contributed by atoms with E-state index in [1.165, 1.54) is 6.07 Å². The quantitative estimate of drug-likeness (QED) is 0.351. The van der Waals surface area contributed by atoms with E-state index in [0.717, 1.165) is 23.6 Å². The van der Waals surface area contributed by atoms with Crippen LogP contribution in [0, 0.1) is 17.8 Å². The van der Waals surface area contributed by atoms with Crippen molar-refractivity contribution in [2.75, 3.05) is 0 Å². The number of allylic oxidation sites excluding steroid dienone is 2. The lowest BCUT2D eigenvalue weighted by atomic mass is 9.60. The second kappa shape index (κ2) is 10.4. The number of aromatic hydroxyl groups is 1. The zero-order valence-corrected chi connectivity index (χ0v) is 23.4. The fourth-order valence-electron chi connectivity index (χ4n) is 6.69. The number of phenols is 1. The van der Waals surface area contributed by atoms with Crippen LogP contribution in [-0.4, -0.2) is 49.2 Å². The van der Waals surface area contributed by atoms with Gasteiger partial charge in [0.05, 0.1) is 5.56 Å². The zero-order chi connectivity index (χ0) is 29.8. The molecular formula is C33H34O8. The molecule has 214 valence electrons. The van der Waals surface area contributed by atoms with E-state index in [1.54, 1.807) is 6.07 Å². The van der Waals surface area contributed by atoms with Crippen LogP contribution in [0.5, 0.6) is 5.75 Å². The third kappa shape index (κ3) is 4.70. The molecule has 0 radical (unpaired) electrons. The van der Waals surface area contributed by atoms with Crippen molar-refractivity contribution in [3.05, 3.63) is 75.8 Å². The molecule has 0 amide bonds. The lowest BCUT2D eigenvalue weighted by Crippen LogP contribution is -2.56. The maximum Gasteiger partial charge on any atom is 0.209 e. The van der Waals surface area contributed by atoms with Gasteiger partial charge in [0.1, 0.15) is 28.6 Å². The molecule has 2 aromatic rings. The average molecular weight is 559 g/mol. The molecule has 3 aliphatic carbocycles. The molecule has 2 aromatic carbocycles. The first-order valence-electron chi connectivity index (χ1n) is 14.0. The van der Waals surface area contributed by atoms with E-state index >= 15 is 0 Å². The van der Waals surface area contributed by atoms with Crippen molar-refractivity contribution in [2.45, 2.75) is 64.9 Å². The van der Waals surface area contributed by atoms with Crippen LogP contribution >= 0.6 is 0 Å². The van der Waals surface area contributed by atoms with Crippen molar-refractivity contribution < 1.29 is 39.6 Å². The Bertz CT molecular complexity index is 1540. The predicted octanol–water partition coefficient (Wildman–Crippen LogP) is 4.90. The third-order valence-electron chi connectivity index (χ3n) is 8.64. The summed E-state index contributed by atoms with van der Waals surface area (Å²) in [6.45, 7) is 5.12. The molecule has 0 aliphatic heterocycles. The van der Waals surface area contributed by atoms with Crippen LogP contribution in [-0.2, 0) is 27.2 Å². The number of carbonyl (C=O) groups excluding carboxylic acids is 4. The summed E-state index contributed by atoms with van der Waals surface area (Å²) in [6, 6.07) is 10.8. The van der Waals surface area contributed by atoms with Crippen molar-refractivity contribution in [1.29, 1.82) is 0 Å². The molecule has 0 fully saturated rings. The number of aliphatic hydroxyl groups excluding tert-OH is 2. The van der Waals surface area contributed by atoms with Gasteiger partial charge in [0, 0.05) is 30.8 Å². The van der Waals surface area contributed by atoms with Crippen molar-refractivity contribution in [3.63, 3.8) is 0 Å². The highest BCUT2D eigenvalue weighted by atomic mass is 16.3. The molecule has 3 aliphatic rings. The predicted molar refractivity (Wildman–Crippen MR) is 151 cm³/mol. The van der Waals surface area contributed by atoms with Crippen LogP contribution in [0.15, 0.2) is 59.1 Å². The fraction of sp³-hybridized carbons (Fsp3) is 0.394. The van der Waals surface area contributed by atoms with Gasteiger partial charge >= 0.3 is 0 Å². The second-order valence-corrected chi connectivity index (χ2v) is 11.9. The first-order chi connectivity index (χ1) is 19.3. The molecule has 0 heterocycles. The SMILES string of the molecule is CC(=O)C1=C(O)C[C@@H]2C[C@@H]3Cc4c(-c5ccc(CCC(=O)CC(C)C)cc5)ccc(O)c4C(=O)C3=C(O)[C@]2(O)C1=O. The maximum atomic E-state index is 13.8. The minimum Gasteiger partial charge on any atom is -0.511 e. The first-order valence-corrected chi connectivity index (χ1v) is 14.0. The molecule has 0 saturated heterocycles. The normalized spacial score (nSPS) is 23.8. The molecular weight excluding hydrogens is 524 g/mol. The lowest BCUT2D eigenvalue weighted by Gasteiger charge is -2.45. The zero-order valence-electron chi connectivity index (χ0n) is 23.4. The minimum atomic E-state index is -2.51. The summed E-state index contributed by atoms with van der Waals surface area (Å²) in [5, 5.41) is 43.8. The number of hydrogen-bond donors (Lipinski definition) is 4. The van der Waals surface area contributed by atoms with Crippen LogP contribution in [0.2, 0.25) is 0 Å². The van der Waals surface area contributed by atoms with Crippen molar-refractivity contribution >= 4 is 23.1 Å². The lowest BCUT2D eigenvalue weighted by molar-refractivity contribution is -0.144. The molecule has 5 rings (SSSR count). The van der Waals surface area contributed by atoms with Gasteiger partial charge in [-0.25, -0.2) is 0 Å². The summed E-state index contributed by atoms with van der Waals surface area (Å²) >= 11 is 0. The topological polar surface area (TPSA) is 149 Å². The number of rotatable bonds is 7. The Morgan fingerprint density at radius 1 is 1.00 bits per heavy atom. The fourth-order valence-corrected chi connectivity index (χ4v) is 6.69. The summed E-state index contributed by atoms with van der Waals surface area (Å²) in [4.78, 5) is 51.1. The number of aliphatic hydroxyl groups is 3. The smallest absolute Gasteiger partial charge is 0.209 e. The van der Waals surface area contributed by atoms with Gasteiger partial charge < -0.3 is 20.4 Å². The number of ketones is 4. The largest absolute Gasteiger partial charge is 0.511 e. The molecule has 0 bridgehead atoms. The number of carbonyl (C=O) groups is 4. The highest BCUT2D eigenvalue weighted by Gasteiger charge is 2.59. The molecule has 8 heteroatoms. The number of fused-ring (bicyclic) bond motifs is 3. The van der Waals surface area contributed by atoms with Crippen molar-refractivity contribution in [2.24, 2.45) is 17.8 Å². The van der Waals surface area contributed by atoms with Crippen LogP contribution in [0.25, 0.3) is 11.1 Å². The van der Waals surface area contributed by atoms with E-state index in [0.29, 0.717) is 30.7 Å². The maximum absolute atomic E-state index is 13.8. The van der Waals surface area contributed by atoms with Gasteiger partial charge in [-0.2, -0.15) is 0 Å². The Labute approximate surface area is 238 Å². The van der Waals surface area contributed by atoms with E-state index in [2.05, 4.69) is 0 Å². The third-order valence-corrected chi connectivity index (χ3v) is 8.64. The molecule has 0 saturated carbocycles. The Morgan fingerprint density at radius 2 is 1.68 bits per heavy atom. The van der Waals surface area contributed by atoms with E-state index in [4.69, 9.17) is 0 Å². The Balaban J connectivity index is 1.50. The van der Waals surface area contributed by atoms with Gasteiger partial charge in [-0.1, -0.05) is 44.2 Å². The van der Waals surface area contributed by atoms with Crippen LogP contribution < -0.4 is 0 Å². The van der Waals surface area contributed by atoms with Crippen molar-refractivity contribution in [1.82, 2.24) is 0 Å². The number of hydrogen-bond acceptors (Lipinski definition) is 8. The molecule has 41 heavy (non-hydrogen) atoms. The van der Waals surface area contributed by atoms with E-state index in [9.17, 15) is 39.6 Å². The van der Waals surface area contributed by atoms with E-state index in [1.807, 2.05) is 38.1 Å². The van der Waals surface area contributed by atoms with Gasteiger partial charge in [0.25, 0.3) is 0 Å². The van der Waals surface area contributed by atoms with Gasteiger partial charge in [-0.3, -0.25) is 19.2 Å². The summed E-state index contributed by atoms with van der Waals surface area (Å²) in [6.07, 6.45) is 1.82.